The van der Waals surface area contributed by atoms with Gasteiger partial charge in [0.25, 0.3) is 0 Å². The Morgan fingerprint density at radius 1 is 1.48 bits per heavy atom. The largest absolute Gasteiger partial charge is 0.462 e. The minimum atomic E-state index is -1.33. The molecule has 0 atom stereocenters. The van der Waals surface area contributed by atoms with Crippen molar-refractivity contribution in [3.8, 4) is 5.69 Å². The van der Waals surface area contributed by atoms with E-state index in [1.165, 1.54) is 0 Å². The smallest absolute Gasteiger partial charge is 0.341 e. The van der Waals surface area contributed by atoms with E-state index in [-0.39, 0.29) is 12.2 Å². The van der Waals surface area contributed by atoms with Crippen molar-refractivity contribution in [2.45, 2.75) is 6.92 Å². The lowest BCUT2D eigenvalue weighted by atomic mass is 10.2. The summed E-state index contributed by atoms with van der Waals surface area (Å²) in [6.07, 6.45) is 2.18. The Morgan fingerprint density at radius 3 is 2.81 bits per heavy atom. The molecule has 0 aliphatic carbocycles. The van der Waals surface area contributed by atoms with Crippen molar-refractivity contribution < 1.29 is 23.2 Å². The van der Waals surface area contributed by atoms with E-state index in [4.69, 9.17) is 4.74 Å². The van der Waals surface area contributed by atoms with Crippen molar-refractivity contribution in [2.24, 2.45) is 0 Å². The molecule has 0 aliphatic heterocycles. The Bertz CT molecular complexity index is 715. The van der Waals surface area contributed by atoms with Crippen LogP contribution in [0.25, 0.3) is 5.69 Å². The fourth-order valence-electron chi connectivity index (χ4n) is 1.68. The van der Waals surface area contributed by atoms with Crippen LogP contribution >= 0.6 is 0 Å². The van der Waals surface area contributed by atoms with Gasteiger partial charge in [0.1, 0.15) is 11.5 Å². The van der Waals surface area contributed by atoms with Crippen molar-refractivity contribution in [1.29, 1.82) is 0 Å². The fraction of sp³-hybridized carbons (Fsp3) is 0.167. The molecule has 0 saturated carbocycles. The average Bonchev–Trinajstić information content (AvgIpc) is 2.86. The molecule has 0 amide bonds. The highest BCUT2D eigenvalue weighted by Gasteiger charge is 2.24. The number of hydrogen-bond donors (Lipinski definition) is 0. The number of rotatable bonds is 4. The maximum absolute atomic E-state index is 13.5. The summed E-state index contributed by atoms with van der Waals surface area (Å²) in [5, 5.41) is 14.6. The normalized spacial score (nSPS) is 10.4. The van der Waals surface area contributed by atoms with Gasteiger partial charge in [-0.1, -0.05) is 0 Å². The molecule has 0 radical (unpaired) electrons. The SMILES string of the molecule is CCOC(=O)c1cnn(-c2cc(F)cc(F)c2[N+](=O)[O-])c1. The molecule has 0 fully saturated rings. The molecular weight excluding hydrogens is 288 g/mol. The minimum Gasteiger partial charge on any atom is -0.462 e. The highest BCUT2D eigenvalue weighted by Crippen LogP contribution is 2.27. The predicted octanol–water partition coefficient (Wildman–Crippen LogP) is 2.24. The highest BCUT2D eigenvalue weighted by atomic mass is 19.1. The number of halogens is 2. The first-order valence-electron chi connectivity index (χ1n) is 5.79. The fourth-order valence-corrected chi connectivity index (χ4v) is 1.68. The van der Waals surface area contributed by atoms with Crippen LogP contribution in [0.3, 0.4) is 0 Å². The summed E-state index contributed by atoms with van der Waals surface area (Å²) in [5.74, 6) is -3.02. The van der Waals surface area contributed by atoms with E-state index in [0.717, 1.165) is 23.1 Å². The molecule has 1 aromatic heterocycles. The van der Waals surface area contributed by atoms with Gasteiger partial charge in [-0.25, -0.2) is 13.9 Å². The van der Waals surface area contributed by atoms with E-state index in [2.05, 4.69) is 5.10 Å². The zero-order valence-corrected chi connectivity index (χ0v) is 10.7. The van der Waals surface area contributed by atoms with Gasteiger partial charge in [0.05, 0.1) is 23.3 Å². The first-order chi connectivity index (χ1) is 9.93. The molecule has 2 rings (SSSR count). The van der Waals surface area contributed by atoms with Gasteiger partial charge in [-0.2, -0.15) is 9.49 Å². The molecular formula is C12H9F2N3O4. The van der Waals surface area contributed by atoms with Crippen LogP contribution in [-0.2, 0) is 4.74 Å². The lowest BCUT2D eigenvalue weighted by molar-refractivity contribution is -0.387. The second kappa shape index (κ2) is 5.65. The second-order valence-corrected chi connectivity index (χ2v) is 3.91. The summed E-state index contributed by atoms with van der Waals surface area (Å²) in [7, 11) is 0. The number of benzene rings is 1. The van der Waals surface area contributed by atoms with Gasteiger partial charge in [-0.3, -0.25) is 10.1 Å². The van der Waals surface area contributed by atoms with Crippen LogP contribution in [0.2, 0.25) is 0 Å². The Balaban J connectivity index is 2.52. The van der Waals surface area contributed by atoms with Crippen LogP contribution in [0.1, 0.15) is 17.3 Å². The zero-order valence-electron chi connectivity index (χ0n) is 10.7. The van der Waals surface area contributed by atoms with E-state index < -0.39 is 33.9 Å². The van der Waals surface area contributed by atoms with Crippen LogP contribution in [0.4, 0.5) is 14.5 Å². The van der Waals surface area contributed by atoms with Crippen molar-refractivity contribution >= 4 is 11.7 Å². The van der Waals surface area contributed by atoms with E-state index in [9.17, 15) is 23.7 Å². The lowest BCUT2D eigenvalue weighted by Crippen LogP contribution is -2.05. The predicted molar refractivity (Wildman–Crippen MR) is 66.1 cm³/mol. The van der Waals surface area contributed by atoms with Crippen LogP contribution in [0.5, 0.6) is 0 Å². The summed E-state index contributed by atoms with van der Waals surface area (Å²) in [5.41, 5.74) is -1.35. The van der Waals surface area contributed by atoms with Gasteiger partial charge in [0, 0.05) is 18.3 Å². The number of nitro groups is 1. The van der Waals surface area contributed by atoms with Crippen LogP contribution in [-0.4, -0.2) is 27.3 Å². The van der Waals surface area contributed by atoms with Gasteiger partial charge in [-0.05, 0) is 6.92 Å². The van der Waals surface area contributed by atoms with E-state index >= 15 is 0 Å². The molecule has 0 aliphatic rings. The molecule has 21 heavy (non-hydrogen) atoms. The topological polar surface area (TPSA) is 87.3 Å². The summed E-state index contributed by atoms with van der Waals surface area (Å²) in [4.78, 5) is 21.4. The number of aromatic nitrogens is 2. The van der Waals surface area contributed by atoms with Gasteiger partial charge in [-0.15, -0.1) is 0 Å². The van der Waals surface area contributed by atoms with E-state index in [0.29, 0.717) is 6.07 Å². The zero-order chi connectivity index (χ0) is 15.6. The molecule has 0 unspecified atom stereocenters. The highest BCUT2D eigenvalue weighted by molar-refractivity contribution is 5.88. The number of nitrogens with zero attached hydrogens (tertiary/aromatic N) is 3. The van der Waals surface area contributed by atoms with Crippen LogP contribution < -0.4 is 0 Å². The number of ether oxygens (including phenoxy) is 1. The molecule has 1 aromatic carbocycles. The molecule has 7 nitrogen and oxygen atoms in total. The van der Waals surface area contributed by atoms with Gasteiger partial charge in [0.2, 0.25) is 5.82 Å². The summed E-state index contributed by atoms with van der Waals surface area (Å²) >= 11 is 0. The van der Waals surface area contributed by atoms with Gasteiger partial charge >= 0.3 is 11.7 Å². The molecule has 2 aromatic rings. The Labute approximate surface area is 116 Å². The summed E-state index contributed by atoms with van der Waals surface area (Å²) in [6, 6.07) is 1.15. The van der Waals surface area contributed by atoms with Gasteiger partial charge < -0.3 is 4.74 Å². The number of carbonyl (C=O) groups excluding carboxylic acids is 1. The lowest BCUT2D eigenvalue weighted by Gasteiger charge is -2.04. The number of nitro benzene ring substituents is 1. The molecule has 0 saturated heterocycles. The molecule has 0 bridgehead atoms. The molecule has 1 heterocycles. The van der Waals surface area contributed by atoms with Crippen molar-refractivity contribution in [2.75, 3.05) is 6.61 Å². The van der Waals surface area contributed by atoms with Crippen LogP contribution in [0, 0.1) is 21.7 Å². The van der Waals surface area contributed by atoms with E-state index in [1.54, 1.807) is 6.92 Å². The Morgan fingerprint density at radius 2 is 2.19 bits per heavy atom. The first kappa shape index (κ1) is 14.6. The maximum atomic E-state index is 13.5. The van der Waals surface area contributed by atoms with Crippen molar-refractivity contribution in [3.05, 3.63) is 51.8 Å². The third-order valence-corrected chi connectivity index (χ3v) is 2.53. The summed E-state index contributed by atoms with van der Waals surface area (Å²) < 4.78 is 32.3. The minimum absolute atomic E-state index is 0.0100. The Kier molecular flexibility index (Phi) is 3.92. The molecule has 0 N–H and O–H groups in total. The quantitative estimate of drug-likeness (QED) is 0.490. The third-order valence-electron chi connectivity index (χ3n) is 2.53. The molecule has 0 spiro atoms. The number of carbonyl (C=O) groups is 1. The third kappa shape index (κ3) is 2.86. The second-order valence-electron chi connectivity index (χ2n) is 3.91. The molecule has 9 heteroatoms. The van der Waals surface area contributed by atoms with Crippen molar-refractivity contribution in [3.63, 3.8) is 0 Å². The number of esters is 1. The van der Waals surface area contributed by atoms with E-state index in [1.807, 2.05) is 0 Å². The number of hydrogen-bond acceptors (Lipinski definition) is 5. The monoisotopic (exact) mass is 297 g/mol. The van der Waals surface area contributed by atoms with Crippen molar-refractivity contribution in [1.82, 2.24) is 9.78 Å². The average molecular weight is 297 g/mol. The maximum Gasteiger partial charge on any atom is 0.341 e. The molecule has 110 valence electrons. The van der Waals surface area contributed by atoms with Gasteiger partial charge in [0.15, 0.2) is 0 Å². The van der Waals surface area contributed by atoms with Crippen LogP contribution in [0.15, 0.2) is 24.5 Å². The summed E-state index contributed by atoms with van der Waals surface area (Å²) in [6.45, 7) is 1.74. The Hall–Kier alpha value is -2.84. The standard InChI is InChI=1S/C12H9F2N3O4/c1-2-21-12(18)7-5-15-16(6-7)10-4-8(13)3-9(14)11(10)17(19)20/h3-6H,2H2,1H3. The first-order valence-corrected chi connectivity index (χ1v) is 5.79.